The zero-order valence-electron chi connectivity index (χ0n) is 20.8. The van der Waals surface area contributed by atoms with Crippen LogP contribution in [0.15, 0.2) is 59.4 Å². The number of amides is 2. The number of rotatable bonds is 7. The first-order valence-corrected chi connectivity index (χ1v) is 12.1. The van der Waals surface area contributed by atoms with Crippen molar-refractivity contribution < 1.29 is 18.7 Å². The zero-order valence-corrected chi connectivity index (χ0v) is 20.8. The highest BCUT2D eigenvalue weighted by Gasteiger charge is 2.19. The van der Waals surface area contributed by atoms with Gasteiger partial charge in [-0.05, 0) is 42.0 Å². The number of furan rings is 1. The molecule has 194 valence electrons. The summed E-state index contributed by atoms with van der Waals surface area (Å²) in [4.78, 5) is 39.6. The van der Waals surface area contributed by atoms with Gasteiger partial charge in [0.1, 0.15) is 11.6 Å². The van der Waals surface area contributed by atoms with Crippen molar-refractivity contribution in [3.8, 4) is 17.1 Å². The topological polar surface area (TPSA) is 148 Å². The van der Waals surface area contributed by atoms with Crippen LogP contribution in [0.1, 0.15) is 21.7 Å². The molecule has 0 unspecified atom stereocenters. The van der Waals surface area contributed by atoms with Crippen molar-refractivity contribution in [2.45, 2.75) is 6.54 Å². The summed E-state index contributed by atoms with van der Waals surface area (Å²) in [5.41, 5.74) is 8.05. The Morgan fingerprint density at radius 3 is 2.63 bits per heavy atom. The molecule has 1 aliphatic rings. The highest BCUT2D eigenvalue weighted by atomic mass is 16.5. The molecule has 0 spiro atoms. The number of carbonyl (C=O) groups excluding carboxylic acids is 2. The summed E-state index contributed by atoms with van der Waals surface area (Å²) >= 11 is 0. The zero-order chi connectivity index (χ0) is 26.5. The Kier molecular flexibility index (Phi) is 7.27. The summed E-state index contributed by atoms with van der Waals surface area (Å²) < 4.78 is 11.5. The summed E-state index contributed by atoms with van der Waals surface area (Å²) in [5.74, 6) is 1.59. The van der Waals surface area contributed by atoms with Crippen molar-refractivity contribution >= 4 is 34.7 Å². The molecule has 0 bridgehead atoms. The number of carbonyl (C=O) groups is 2. The molecule has 1 saturated heterocycles. The second kappa shape index (κ2) is 11.1. The molecule has 0 atom stereocenters. The molecule has 2 amide bonds. The van der Waals surface area contributed by atoms with Crippen LogP contribution in [0.4, 0.5) is 5.82 Å². The number of methoxy groups -OCH3 is 1. The van der Waals surface area contributed by atoms with E-state index in [9.17, 15) is 9.59 Å². The molecular formula is C27H27N7O4. The number of anilines is 1. The SMILES string of the molecule is COc1cc(-c2ncc(C(=O)N3CCNCC3)cn2)cc2cc(CNC(=O)/C=C/c3ccc(N)nc3)oc12. The second-order valence-corrected chi connectivity index (χ2v) is 8.71. The van der Waals surface area contributed by atoms with Crippen LogP contribution in [0.5, 0.6) is 5.75 Å². The predicted octanol–water partition coefficient (Wildman–Crippen LogP) is 2.25. The van der Waals surface area contributed by atoms with Crippen LogP contribution in [0.25, 0.3) is 28.4 Å². The van der Waals surface area contributed by atoms with Gasteiger partial charge in [-0.15, -0.1) is 0 Å². The van der Waals surface area contributed by atoms with Crippen LogP contribution in [-0.2, 0) is 11.3 Å². The van der Waals surface area contributed by atoms with E-state index in [1.807, 2.05) is 12.1 Å². The quantitative estimate of drug-likeness (QED) is 0.316. The fraction of sp³-hybridized carbons (Fsp3) is 0.222. The molecule has 4 N–H and O–H groups in total. The van der Waals surface area contributed by atoms with Gasteiger partial charge in [-0.3, -0.25) is 9.59 Å². The number of nitrogen functional groups attached to an aromatic ring is 1. The minimum absolute atomic E-state index is 0.0763. The number of ether oxygens (including phenoxy) is 1. The lowest BCUT2D eigenvalue weighted by Gasteiger charge is -2.27. The second-order valence-electron chi connectivity index (χ2n) is 8.71. The third-order valence-electron chi connectivity index (χ3n) is 6.09. The number of hydrogen-bond donors (Lipinski definition) is 3. The molecule has 3 aromatic heterocycles. The minimum atomic E-state index is -0.279. The summed E-state index contributed by atoms with van der Waals surface area (Å²) in [7, 11) is 1.55. The maximum Gasteiger partial charge on any atom is 0.257 e. The minimum Gasteiger partial charge on any atom is -0.493 e. The molecule has 1 aromatic carbocycles. The highest BCUT2D eigenvalue weighted by Crippen LogP contribution is 2.33. The van der Waals surface area contributed by atoms with Crippen LogP contribution in [0, 0.1) is 0 Å². The van der Waals surface area contributed by atoms with Crippen LogP contribution >= 0.6 is 0 Å². The van der Waals surface area contributed by atoms with Crippen LogP contribution in [0.2, 0.25) is 0 Å². The van der Waals surface area contributed by atoms with E-state index in [1.165, 1.54) is 6.08 Å². The third kappa shape index (κ3) is 5.62. The number of benzene rings is 1. The maximum atomic E-state index is 12.7. The summed E-state index contributed by atoms with van der Waals surface area (Å²) in [6, 6.07) is 8.94. The molecule has 0 aliphatic carbocycles. The van der Waals surface area contributed by atoms with Crippen molar-refractivity contribution in [2.75, 3.05) is 39.0 Å². The van der Waals surface area contributed by atoms with Gasteiger partial charge in [-0.2, -0.15) is 0 Å². The molecule has 38 heavy (non-hydrogen) atoms. The standard InChI is InChI=1S/C27H27N7O4/c1-37-22-12-19(26-32-14-20(15-33-26)27(36)34-8-6-29-7-9-34)10-18-11-21(38-25(18)22)16-31-24(35)5-3-17-2-4-23(28)30-13-17/h2-5,10-15,29H,6-9,16H2,1H3,(H2,28,30)(H,31,35)/b5-3+. The first-order valence-electron chi connectivity index (χ1n) is 12.1. The fourth-order valence-electron chi connectivity index (χ4n) is 4.10. The van der Waals surface area contributed by atoms with Crippen LogP contribution in [-0.4, -0.2) is 65.0 Å². The third-order valence-corrected chi connectivity index (χ3v) is 6.09. The van der Waals surface area contributed by atoms with E-state index < -0.39 is 0 Å². The Morgan fingerprint density at radius 2 is 1.92 bits per heavy atom. The first kappa shape index (κ1) is 24.9. The highest BCUT2D eigenvalue weighted by molar-refractivity contribution is 5.94. The van der Waals surface area contributed by atoms with Crippen molar-refractivity contribution in [1.82, 2.24) is 30.5 Å². The van der Waals surface area contributed by atoms with Crippen molar-refractivity contribution in [2.24, 2.45) is 0 Å². The average molecular weight is 514 g/mol. The van der Waals surface area contributed by atoms with Gasteiger partial charge in [-0.1, -0.05) is 0 Å². The molecule has 4 heterocycles. The summed E-state index contributed by atoms with van der Waals surface area (Å²) in [6.07, 6.45) is 7.76. The molecule has 11 nitrogen and oxygen atoms in total. The molecule has 4 aromatic rings. The Hall–Kier alpha value is -4.77. The largest absolute Gasteiger partial charge is 0.493 e. The van der Waals surface area contributed by atoms with Crippen molar-refractivity contribution in [1.29, 1.82) is 0 Å². The van der Waals surface area contributed by atoms with Gasteiger partial charge in [-0.25, -0.2) is 15.0 Å². The molecule has 1 fully saturated rings. The molecule has 11 heteroatoms. The maximum absolute atomic E-state index is 12.7. The first-order chi connectivity index (χ1) is 18.5. The predicted molar refractivity (Wildman–Crippen MR) is 142 cm³/mol. The Bertz CT molecular complexity index is 1470. The number of fused-ring (bicyclic) bond motifs is 1. The Balaban J connectivity index is 1.29. The fourth-order valence-corrected chi connectivity index (χ4v) is 4.10. The van der Waals surface area contributed by atoms with Gasteiger partial charge in [0, 0.05) is 61.8 Å². The number of piperazine rings is 1. The van der Waals surface area contributed by atoms with E-state index in [-0.39, 0.29) is 18.4 Å². The van der Waals surface area contributed by atoms with Gasteiger partial charge in [0.05, 0.1) is 19.2 Å². The summed E-state index contributed by atoms with van der Waals surface area (Å²) in [5, 5.41) is 6.81. The van der Waals surface area contributed by atoms with Crippen LogP contribution in [0.3, 0.4) is 0 Å². The van der Waals surface area contributed by atoms with Gasteiger partial charge in [0.25, 0.3) is 5.91 Å². The molecular weight excluding hydrogens is 486 g/mol. The normalized spacial score (nSPS) is 13.7. The van der Waals surface area contributed by atoms with Crippen LogP contribution < -0.4 is 21.1 Å². The Labute approximate surface area is 218 Å². The lowest BCUT2D eigenvalue weighted by atomic mass is 10.1. The summed E-state index contributed by atoms with van der Waals surface area (Å²) in [6.45, 7) is 3.07. The van der Waals surface area contributed by atoms with E-state index in [1.54, 1.807) is 54.9 Å². The van der Waals surface area contributed by atoms with Crippen molar-refractivity contribution in [3.05, 3.63) is 71.9 Å². The number of nitrogens with two attached hydrogens (primary N) is 1. The number of pyridine rings is 1. The molecule has 0 radical (unpaired) electrons. The lowest BCUT2D eigenvalue weighted by Crippen LogP contribution is -2.46. The van der Waals surface area contributed by atoms with E-state index in [0.29, 0.717) is 53.0 Å². The monoisotopic (exact) mass is 513 g/mol. The van der Waals surface area contributed by atoms with Gasteiger partial charge >= 0.3 is 0 Å². The van der Waals surface area contributed by atoms with Crippen molar-refractivity contribution in [3.63, 3.8) is 0 Å². The number of hydrogen-bond acceptors (Lipinski definition) is 9. The van der Waals surface area contributed by atoms with E-state index in [4.69, 9.17) is 14.9 Å². The van der Waals surface area contributed by atoms with E-state index >= 15 is 0 Å². The number of nitrogens with zero attached hydrogens (tertiary/aromatic N) is 4. The van der Waals surface area contributed by atoms with Gasteiger partial charge in [0.2, 0.25) is 5.91 Å². The van der Waals surface area contributed by atoms with E-state index in [2.05, 4.69) is 25.6 Å². The van der Waals surface area contributed by atoms with Gasteiger partial charge in [0.15, 0.2) is 17.2 Å². The Morgan fingerprint density at radius 1 is 1.13 bits per heavy atom. The number of aromatic nitrogens is 3. The smallest absolute Gasteiger partial charge is 0.257 e. The molecule has 1 aliphatic heterocycles. The van der Waals surface area contributed by atoms with E-state index in [0.717, 1.165) is 24.0 Å². The average Bonchev–Trinajstić information content (AvgIpc) is 3.38. The lowest BCUT2D eigenvalue weighted by molar-refractivity contribution is -0.116. The van der Waals surface area contributed by atoms with Gasteiger partial charge < -0.3 is 30.4 Å². The molecule has 0 saturated carbocycles. The number of nitrogens with one attached hydrogen (secondary N) is 2. The molecule has 5 rings (SSSR count).